The summed E-state index contributed by atoms with van der Waals surface area (Å²) in [5.41, 5.74) is 1.30. The quantitative estimate of drug-likeness (QED) is 0.502. The van der Waals surface area contributed by atoms with Crippen molar-refractivity contribution >= 4 is 17.8 Å². The molecule has 0 spiro atoms. The Morgan fingerprint density at radius 2 is 1.39 bits per heavy atom. The molecule has 1 aromatic rings. The van der Waals surface area contributed by atoms with E-state index in [-0.39, 0.29) is 18.1 Å². The van der Waals surface area contributed by atoms with Crippen LogP contribution in [0, 0.1) is 0 Å². The van der Waals surface area contributed by atoms with Crippen molar-refractivity contribution in [1.29, 1.82) is 0 Å². The number of hydrogen-bond donors (Lipinski definition) is 2. The highest BCUT2D eigenvalue weighted by Gasteiger charge is 2.43. The fourth-order valence-corrected chi connectivity index (χ4v) is 4.59. The number of hydrogen-bond acceptors (Lipinski definition) is 7. The lowest BCUT2D eigenvalue weighted by Crippen LogP contribution is -2.53. The molecule has 0 unspecified atom stereocenters. The number of aliphatic carboxylic acids is 2. The summed E-state index contributed by atoms with van der Waals surface area (Å²) in [5.74, 6) is -4.42. The minimum absolute atomic E-state index is 0.193. The number of alkyl halides is 6. The SMILES string of the molecule is COc1ccc(CN2CC[C@H]3O[C@H](C(=O)N4CCN(C)CC4)CC[C@H]32)cc1.O=C(O)C(F)(F)F.O=C(O)C(F)(F)F. The number of likely N-dealkylation sites (tertiary alicyclic amines) is 1. The van der Waals surface area contributed by atoms with Crippen LogP contribution in [0.2, 0.25) is 0 Å². The Balaban J connectivity index is 0.000000349. The van der Waals surface area contributed by atoms with Crippen molar-refractivity contribution in [3.8, 4) is 5.75 Å². The third-order valence-electron chi connectivity index (χ3n) is 6.78. The van der Waals surface area contributed by atoms with Crippen LogP contribution in [0.15, 0.2) is 24.3 Å². The van der Waals surface area contributed by atoms with E-state index in [9.17, 15) is 31.1 Å². The Morgan fingerprint density at radius 1 is 0.878 bits per heavy atom. The molecule has 41 heavy (non-hydrogen) atoms. The van der Waals surface area contributed by atoms with Crippen molar-refractivity contribution in [1.82, 2.24) is 14.7 Å². The molecule has 1 aromatic carbocycles. The topological polar surface area (TPSA) is 120 Å². The minimum Gasteiger partial charge on any atom is -0.497 e. The summed E-state index contributed by atoms with van der Waals surface area (Å²) in [5, 5.41) is 14.2. The molecule has 3 fully saturated rings. The molecule has 3 aliphatic heterocycles. The predicted molar refractivity (Wildman–Crippen MR) is 131 cm³/mol. The first-order valence-corrected chi connectivity index (χ1v) is 12.6. The van der Waals surface area contributed by atoms with E-state index in [4.69, 9.17) is 29.3 Å². The minimum atomic E-state index is -5.08. The molecule has 3 aliphatic rings. The average Bonchev–Trinajstić information content (AvgIpc) is 3.30. The van der Waals surface area contributed by atoms with Gasteiger partial charge < -0.3 is 29.5 Å². The van der Waals surface area contributed by atoms with Gasteiger partial charge in [-0.25, -0.2) is 9.59 Å². The number of halogens is 6. The van der Waals surface area contributed by atoms with Crippen LogP contribution in [0.5, 0.6) is 5.75 Å². The van der Waals surface area contributed by atoms with Crippen LogP contribution in [0.4, 0.5) is 26.3 Å². The number of carbonyl (C=O) groups excluding carboxylic acids is 1. The second kappa shape index (κ2) is 14.7. The molecule has 1 amide bonds. The zero-order valence-corrected chi connectivity index (χ0v) is 22.5. The van der Waals surface area contributed by atoms with Crippen LogP contribution >= 0.6 is 0 Å². The molecule has 4 rings (SSSR count). The molecular weight excluding hydrogens is 568 g/mol. The second-order valence-corrected chi connectivity index (χ2v) is 9.65. The number of fused-ring (bicyclic) bond motifs is 1. The Bertz CT molecular complexity index is 990. The largest absolute Gasteiger partial charge is 0.497 e. The summed E-state index contributed by atoms with van der Waals surface area (Å²) in [6.45, 7) is 5.54. The fraction of sp³-hybridized carbons (Fsp3) is 0.640. The van der Waals surface area contributed by atoms with Gasteiger partial charge in [0.15, 0.2) is 0 Å². The number of carboxylic acid groups (broad SMARTS) is 2. The zero-order chi connectivity index (χ0) is 31.0. The number of likely N-dealkylation sites (N-methyl/N-ethyl adjacent to an activating group) is 1. The Morgan fingerprint density at radius 3 is 1.85 bits per heavy atom. The second-order valence-electron chi connectivity index (χ2n) is 9.65. The van der Waals surface area contributed by atoms with E-state index in [1.54, 1.807) is 7.11 Å². The number of benzene rings is 1. The van der Waals surface area contributed by atoms with Gasteiger partial charge >= 0.3 is 24.3 Å². The monoisotopic (exact) mass is 601 g/mol. The van der Waals surface area contributed by atoms with Gasteiger partial charge in [0.25, 0.3) is 5.91 Å². The Hall–Kier alpha value is -3.11. The van der Waals surface area contributed by atoms with E-state index in [0.717, 1.165) is 64.3 Å². The van der Waals surface area contributed by atoms with Crippen LogP contribution < -0.4 is 4.74 Å². The van der Waals surface area contributed by atoms with Gasteiger partial charge in [0.2, 0.25) is 0 Å². The number of carbonyl (C=O) groups is 3. The molecule has 0 aromatic heterocycles. The van der Waals surface area contributed by atoms with E-state index < -0.39 is 24.3 Å². The number of ether oxygens (including phenoxy) is 2. The van der Waals surface area contributed by atoms with Crippen LogP contribution in [-0.4, -0.2) is 120 Å². The number of piperazine rings is 1. The van der Waals surface area contributed by atoms with Crippen molar-refractivity contribution in [3.63, 3.8) is 0 Å². The van der Waals surface area contributed by atoms with Crippen LogP contribution in [0.3, 0.4) is 0 Å². The zero-order valence-electron chi connectivity index (χ0n) is 22.5. The molecule has 0 saturated carbocycles. The van der Waals surface area contributed by atoms with Gasteiger partial charge in [-0.15, -0.1) is 0 Å². The molecule has 16 heteroatoms. The lowest BCUT2D eigenvalue weighted by Gasteiger charge is -2.39. The van der Waals surface area contributed by atoms with Crippen molar-refractivity contribution in [2.45, 2.75) is 56.4 Å². The molecule has 232 valence electrons. The summed E-state index contributed by atoms with van der Waals surface area (Å²) in [6.07, 6.45) is -7.31. The van der Waals surface area contributed by atoms with E-state index in [2.05, 4.69) is 29.0 Å². The maximum Gasteiger partial charge on any atom is 0.490 e. The standard InChI is InChI=1S/C21H31N3O3.2C2HF3O2/c1-22-11-13-23(14-12-22)21(25)20-8-7-18-19(27-20)9-10-24(18)15-16-3-5-17(26-2)6-4-16;2*3-2(4,5)1(6)7/h3-6,18-20H,7-15H2,1-2H3;2*(H,6,7)/t18-,19-,20+;;/m1../s1. The average molecular weight is 602 g/mol. The highest BCUT2D eigenvalue weighted by molar-refractivity contribution is 5.81. The number of methoxy groups -OCH3 is 1. The van der Waals surface area contributed by atoms with E-state index in [1.165, 1.54) is 5.56 Å². The molecule has 3 heterocycles. The normalized spacial score (nSPS) is 23.3. The molecule has 0 radical (unpaired) electrons. The molecule has 0 bridgehead atoms. The summed E-state index contributed by atoms with van der Waals surface area (Å²) in [6, 6.07) is 8.74. The lowest BCUT2D eigenvalue weighted by atomic mass is 9.98. The molecule has 0 aliphatic carbocycles. The van der Waals surface area contributed by atoms with Gasteiger partial charge in [0.1, 0.15) is 11.9 Å². The summed E-state index contributed by atoms with van der Waals surface area (Å²) in [7, 11) is 3.80. The first kappa shape index (κ1) is 34.1. The van der Waals surface area contributed by atoms with Crippen LogP contribution in [0.1, 0.15) is 24.8 Å². The van der Waals surface area contributed by atoms with Gasteiger partial charge in [0, 0.05) is 45.3 Å². The van der Waals surface area contributed by atoms with Crippen molar-refractivity contribution < 1.29 is 60.4 Å². The van der Waals surface area contributed by atoms with Gasteiger partial charge in [0.05, 0.1) is 13.2 Å². The number of rotatable bonds is 4. The highest BCUT2D eigenvalue weighted by atomic mass is 19.4. The molecule has 3 atom stereocenters. The first-order chi connectivity index (χ1) is 19.0. The highest BCUT2D eigenvalue weighted by Crippen LogP contribution is 2.33. The maximum absolute atomic E-state index is 12.8. The van der Waals surface area contributed by atoms with Gasteiger partial charge in [-0.1, -0.05) is 12.1 Å². The first-order valence-electron chi connectivity index (χ1n) is 12.6. The van der Waals surface area contributed by atoms with E-state index in [0.29, 0.717) is 6.04 Å². The Labute approximate surface area is 232 Å². The summed E-state index contributed by atoms with van der Waals surface area (Å²) in [4.78, 5) is 37.4. The summed E-state index contributed by atoms with van der Waals surface area (Å²) < 4.78 is 75.0. The Kier molecular flexibility index (Phi) is 12.2. The smallest absolute Gasteiger partial charge is 0.490 e. The number of nitrogens with zero attached hydrogens (tertiary/aromatic N) is 3. The molecule has 10 nitrogen and oxygen atoms in total. The van der Waals surface area contributed by atoms with E-state index in [1.807, 2.05) is 17.0 Å². The van der Waals surface area contributed by atoms with Crippen molar-refractivity contribution in [2.75, 3.05) is 46.9 Å². The van der Waals surface area contributed by atoms with Gasteiger partial charge in [-0.05, 0) is 44.0 Å². The molecule has 2 N–H and O–H groups in total. The third-order valence-corrected chi connectivity index (χ3v) is 6.78. The molecular formula is C25H33F6N3O7. The maximum atomic E-state index is 12.8. The fourth-order valence-electron chi connectivity index (χ4n) is 4.59. The number of amides is 1. The van der Waals surface area contributed by atoms with Gasteiger partial charge in [-0.2, -0.15) is 26.3 Å². The molecule has 3 saturated heterocycles. The lowest BCUT2D eigenvalue weighted by molar-refractivity contribution is -0.193. The van der Waals surface area contributed by atoms with Crippen LogP contribution in [0.25, 0.3) is 0 Å². The van der Waals surface area contributed by atoms with Crippen molar-refractivity contribution in [2.24, 2.45) is 0 Å². The van der Waals surface area contributed by atoms with Crippen molar-refractivity contribution in [3.05, 3.63) is 29.8 Å². The van der Waals surface area contributed by atoms with Gasteiger partial charge in [-0.3, -0.25) is 9.69 Å². The van der Waals surface area contributed by atoms with E-state index >= 15 is 0 Å². The number of carboxylic acids is 2. The third kappa shape index (κ3) is 10.7. The summed E-state index contributed by atoms with van der Waals surface area (Å²) >= 11 is 0. The predicted octanol–water partition coefficient (Wildman–Crippen LogP) is 2.86. The van der Waals surface area contributed by atoms with Crippen LogP contribution in [-0.2, 0) is 25.7 Å².